The molecule has 0 saturated heterocycles. The minimum atomic E-state index is -4.00. The minimum Gasteiger partial charge on any atom is -0.330 e. The standard InChI is InChI=1S/C19H18ClN3O3S/c1-3-23-12-16(21-18(23)14-9-5-6-10-15(14)20)19(24)22-27(25,26)17-11-7-4-8-13(17)2/h4-12H,3H2,1-2H3,(H,22,24). The number of carbonyl (C=O) groups is 1. The van der Waals surface area contributed by atoms with Gasteiger partial charge in [0.2, 0.25) is 0 Å². The lowest BCUT2D eigenvalue weighted by Gasteiger charge is -2.07. The number of carbonyl (C=O) groups excluding carboxylic acids is 1. The molecule has 0 aliphatic rings. The van der Waals surface area contributed by atoms with Crippen LogP contribution < -0.4 is 4.72 Å². The van der Waals surface area contributed by atoms with Crippen molar-refractivity contribution in [1.29, 1.82) is 0 Å². The summed E-state index contributed by atoms with van der Waals surface area (Å²) in [5.74, 6) is -0.291. The molecule has 2 aromatic carbocycles. The Balaban J connectivity index is 1.95. The Morgan fingerprint density at radius 1 is 1.15 bits per heavy atom. The summed E-state index contributed by atoms with van der Waals surface area (Å²) < 4.78 is 28.9. The minimum absolute atomic E-state index is 0.00364. The van der Waals surface area contributed by atoms with Gasteiger partial charge in [-0.15, -0.1) is 0 Å². The van der Waals surface area contributed by atoms with Gasteiger partial charge < -0.3 is 4.57 Å². The lowest BCUT2D eigenvalue weighted by Crippen LogP contribution is -2.31. The Kier molecular flexibility index (Phi) is 5.34. The number of nitrogens with one attached hydrogen (secondary N) is 1. The van der Waals surface area contributed by atoms with Gasteiger partial charge in [0, 0.05) is 18.3 Å². The zero-order valence-electron chi connectivity index (χ0n) is 14.8. The number of rotatable bonds is 5. The average molecular weight is 404 g/mol. The number of hydrogen-bond acceptors (Lipinski definition) is 4. The third-order valence-electron chi connectivity index (χ3n) is 4.07. The van der Waals surface area contributed by atoms with Crippen LogP contribution in [-0.2, 0) is 16.6 Å². The first kappa shape index (κ1) is 19.1. The highest BCUT2D eigenvalue weighted by Crippen LogP contribution is 2.27. The Bertz CT molecular complexity index is 1110. The molecule has 0 unspecified atom stereocenters. The number of imidazole rings is 1. The van der Waals surface area contributed by atoms with E-state index in [1.54, 1.807) is 47.9 Å². The van der Waals surface area contributed by atoms with Gasteiger partial charge >= 0.3 is 0 Å². The Labute approximate surface area is 162 Å². The topological polar surface area (TPSA) is 81.1 Å². The molecule has 0 fully saturated rings. The number of halogens is 1. The summed E-state index contributed by atoms with van der Waals surface area (Å²) in [4.78, 5) is 16.9. The number of aromatic nitrogens is 2. The van der Waals surface area contributed by atoms with E-state index in [1.807, 2.05) is 13.0 Å². The molecule has 0 saturated carbocycles. The van der Waals surface area contributed by atoms with Gasteiger partial charge in [-0.05, 0) is 37.6 Å². The molecule has 27 heavy (non-hydrogen) atoms. The van der Waals surface area contributed by atoms with Crippen molar-refractivity contribution in [3.05, 3.63) is 71.0 Å². The molecule has 0 spiro atoms. The average Bonchev–Trinajstić information content (AvgIpc) is 3.06. The Morgan fingerprint density at radius 3 is 2.48 bits per heavy atom. The van der Waals surface area contributed by atoms with E-state index in [1.165, 1.54) is 12.3 Å². The first-order valence-electron chi connectivity index (χ1n) is 8.28. The molecule has 6 nitrogen and oxygen atoms in total. The third kappa shape index (κ3) is 3.89. The molecule has 8 heteroatoms. The first-order chi connectivity index (χ1) is 12.8. The van der Waals surface area contributed by atoms with Gasteiger partial charge in [-0.25, -0.2) is 18.1 Å². The van der Waals surface area contributed by atoms with Crippen LogP contribution in [0.25, 0.3) is 11.4 Å². The van der Waals surface area contributed by atoms with Crippen LogP contribution >= 0.6 is 11.6 Å². The van der Waals surface area contributed by atoms with Crippen molar-refractivity contribution in [3.63, 3.8) is 0 Å². The van der Waals surface area contributed by atoms with Crippen LogP contribution in [0, 0.1) is 6.92 Å². The fourth-order valence-corrected chi connectivity index (χ4v) is 4.14. The van der Waals surface area contributed by atoms with E-state index in [-0.39, 0.29) is 10.6 Å². The van der Waals surface area contributed by atoms with E-state index >= 15 is 0 Å². The van der Waals surface area contributed by atoms with Crippen LogP contribution in [0.2, 0.25) is 5.02 Å². The molecule has 0 atom stereocenters. The van der Waals surface area contributed by atoms with E-state index in [2.05, 4.69) is 9.71 Å². The highest BCUT2D eigenvalue weighted by Gasteiger charge is 2.23. The maximum Gasteiger partial charge on any atom is 0.285 e. The van der Waals surface area contributed by atoms with Gasteiger partial charge in [0.1, 0.15) is 11.5 Å². The van der Waals surface area contributed by atoms with Gasteiger partial charge in [-0.2, -0.15) is 0 Å². The summed E-state index contributed by atoms with van der Waals surface area (Å²) in [7, 11) is -4.00. The molecule has 3 aromatic rings. The van der Waals surface area contributed by atoms with Crippen LogP contribution in [-0.4, -0.2) is 23.9 Å². The Morgan fingerprint density at radius 2 is 1.81 bits per heavy atom. The molecule has 3 rings (SSSR count). The molecule has 0 aliphatic heterocycles. The second kappa shape index (κ2) is 7.54. The fraction of sp³-hybridized carbons (Fsp3) is 0.158. The molecular formula is C19H18ClN3O3S. The van der Waals surface area contributed by atoms with Crippen molar-refractivity contribution in [3.8, 4) is 11.4 Å². The highest BCUT2D eigenvalue weighted by molar-refractivity contribution is 7.90. The maximum atomic E-state index is 12.5. The quantitative estimate of drug-likeness (QED) is 0.705. The Hall–Kier alpha value is -2.64. The maximum absolute atomic E-state index is 12.5. The molecule has 0 radical (unpaired) electrons. The number of benzene rings is 2. The smallest absolute Gasteiger partial charge is 0.285 e. The normalized spacial score (nSPS) is 11.4. The number of nitrogens with zero attached hydrogens (tertiary/aromatic N) is 2. The molecule has 1 heterocycles. The summed E-state index contributed by atoms with van der Waals surface area (Å²) in [5.41, 5.74) is 1.22. The summed E-state index contributed by atoms with van der Waals surface area (Å²) in [6.45, 7) is 4.11. The van der Waals surface area contributed by atoms with Crippen LogP contribution in [0.1, 0.15) is 23.0 Å². The van der Waals surface area contributed by atoms with E-state index < -0.39 is 15.9 Å². The van der Waals surface area contributed by atoms with Crippen molar-refractivity contribution in [2.24, 2.45) is 0 Å². The summed E-state index contributed by atoms with van der Waals surface area (Å²) in [6.07, 6.45) is 1.52. The van der Waals surface area contributed by atoms with Gasteiger partial charge in [-0.3, -0.25) is 4.79 Å². The molecule has 1 N–H and O–H groups in total. The molecule has 0 aliphatic carbocycles. The van der Waals surface area contributed by atoms with E-state index in [0.717, 1.165) is 0 Å². The monoisotopic (exact) mass is 403 g/mol. The van der Waals surface area contributed by atoms with Crippen molar-refractivity contribution in [1.82, 2.24) is 14.3 Å². The number of amides is 1. The molecular weight excluding hydrogens is 386 g/mol. The lowest BCUT2D eigenvalue weighted by atomic mass is 10.2. The van der Waals surface area contributed by atoms with Crippen LogP contribution in [0.15, 0.2) is 59.6 Å². The number of hydrogen-bond donors (Lipinski definition) is 1. The van der Waals surface area contributed by atoms with Crippen molar-refractivity contribution >= 4 is 27.5 Å². The van der Waals surface area contributed by atoms with Gasteiger partial charge in [0.25, 0.3) is 15.9 Å². The van der Waals surface area contributed by atoms with Crippen LogP contribution in [0.4, 0.5) is 0 Å². The molecule has 1 amide bonds. The molecule has 140 valence electrons. The van der Waals surface area contributed by atoms with Gasteiger partial charge in [0.15, 0.2) is 0 Å². The summed E-state index contributed by atoms with van der Waals surface area (Å²) >= 11 is 6.23. The second-order valence-electron chi connectivity index (χ2n) is 5.92. The van der Waals surface area contributed by atoms with Crippen molar-refractivity contribution in [2.45, 2.75) is 25.3 Å². The zero-order chi connectivity index (χ0) is 19.6. The third-order valence-corrected chi connectivity index (χ3v) is 5.90. The lowest BCUT2D eigenvalue weighted by molar-refractivity contribution is 0.0977. The fourth-order valence-electron chi connectivity index (χ4n) is 2.71. The first-order valence-corrected chi connectivity index (χ1v) is 10.1. The van der Waals surface area contributed by atoms with Crippen LogP contribution in [0.5, 0.6) is 0 Å². The van der Waals surface area contributed by atoms with Gasteiger partial charge in [-0.1, -0.05) is 41.9 Å². The van der Waals surface area contributed by atoms with Crippen LogP contribution in [0.3, 0.4) is 0 Å². The summed E-state index contributed by atoms with van der Waals surface area (Å²) in [5, 5.41) is 0.497. The van der Waals surface area contributed by atoms with Crippen molar-refractivity contribution < 1.29 is 13.2 Å². The zero-order valence-corrected chi connectivity index (χ0v) is 16.4. The number of sulfonamides is 1. The predicted octanol–water partition coefficient (Wildman–Crippen LogP) is 3.65. The van der Waals surface area contributed by atoms with E-state index in [4.69, 9.17) is 11.6 Å². The predicted molar refractivity (Wildman–Crippen MR) is 104 cm³/mol. The summed E-state index contributed by atoms with van der Waals surface area (Å²) in [6, 6.07) is 13.6. The SMILES string of the molecule is CCn1cc(C(=O)NS(=O)(=O)c2ccccc2C)nc1-c1ccccc1Cl. The highest BCUT2D eigenvalue weighted by atomic mass is 35.5. The largest absolute Gasteiger partial charge is 0.330 e. The van der Waals surface area contributed by atoms with E-state index in [0.29, 0.717) is 28.5 Å². The van der Waals surface area contributed by atoms with E-state index in [9.17, 15) is 13.2 Å². The molecule has 0 bridgehead atoms. The number of aryl methyl sites for hydroxylation is 2. The second-order valence-corrected chi connectivity index (χ2v) is 7.97. The molecule has 1 aromatic heterocycles. The van der Waals surface area contributed by atoms with Crippen molar-refractivity contribution in [2.75, 3.05) is 0 Å². The van der Waals surface area contributed by atoms with Gasteiger partial charge in [0.05, 0.1) is 9.92 Å².